The maximum atomic E-state index is 14.5. The molecule has 0 atom stereocenters. The van der Waals surface area contributed by atoms with Crippen LogP contribution in [-0.2, 0) is 5.41 Å². The molecule has 2 heterocycles. The lowest BCUT2D eigenvalue weighted by molar-refractivity contribution is -0.288. The van der Waals surface area contributed by atoms with Crippen LogP contribution in [0.2, 0.25) is 0 Å². The number of aryl methyl sites for hydroxylation is 2. The third-order valence-corrected chi connectivity index (χ3v) is 7.82. The molecule has 216 valence electrons. The number of alkyl halides is 6. The second kappa shape index (κ2) is 9.07. The van der Waals surface area contributed by atoms with Crippen molar-refractivity contribution in [1.82, 2.24) is 9.97 Å². The van der Waals surface area contributed by atoms with Crippen molar-refractivity contribution < 1.29 is 35.2 Å². The van der Waals surface area contributed by atoms with Crippen LogP contribution in [-0.4, -0.2) is 22.3 Å². The minimum Gasteiger partial charge on any atom is -0.441 e. The van der Waals surface area contributed by atoms with E-state index in [2.05, 4.69) is 9.97 Å². The normalized spacial score (nSPS) is 13.1. The number of halogens is 6. The molecule has 0 aliphatic heterocycles. The molecule has 43 heavy (non-hydrogen) atoms. The number of benzene rings is 5. The Hall–Kier alpha value is -4.86. The molecule has 0 saturated heterocycles. The van der Waals surface area contributed by atoms with Crippen LogP contribution in [0.3, 0.4) is 0 Å². The summed E-state index contributed by atoms with van der Waals surface area (Å²) in [6.45, 7) is 3.36. The van der Waals surface area contributed by atoms with Crippen LogP contribution in [0.15, 0.2) is 93.8 Å². The van der Waals surface area contributed by atoms with Crippen LogP contribution in [0.4, 0.5) is 26.3 Å². The zero-order valence-corrected chi connectivity index (χ0v) is 22.6. The Morgan fingerprint density at radius 3 is 1.53 bits per heavy atom. The summed E-state index contributed by atoms with van der Waals surface area (Å²) in [5.41, 5.74) is -3.00. The number of rotatable bonds is 3. The van der Waals surface area contributed by atoms with Crippen molar-refractivity contribution in [1.29, 1.82) is 0 Å². The monoisotopic (exact) mass is 590 g/mol. The lowest BCUT2D eigenvalue weighted by atomic mass is 9.72. The van der Waals surface area contributed by atoms with Gasteiger partial charge in [-0.2, -0.15) is 26.3 Å². The van der Waals surface area contributed by atoms with Gasteiger partial charge in [0.25, 0.3) is 0 Å². The van der Waals surface area contributed by atoms with Crippen LogP contribution in [0.5, 0.6) is 0 Å². The van der Waals surface area contributed by atoms with E-state index < -0.39 is 28.9 Å². The quantitative estimate of drug-likeness (QED) is 0.152. The van der Waals surface area contributed by atoms with Gasteiger partial charge in [-0.25, -0.2) is 9.97 Å². The van der Waals surface area contributed by atoms with Gasteiger partial charge in [-0.05, 0) is 88.1 Å². The first-order valence-electron chi connectivity index (χ1n) is 13.2. The van der Waals surface area contributed by atoms with Crippen molar-refractivity contribution in [2.24, 2.45) is 0 Å². The van der Waals surface area contributed by atoms with Crippen molar-refractivity contribution in [3.05, 3.63) is 108 Å². The Morgan fingerprint density at radius 1 is 0.535 bits per heavy atom. The van der Waals surface area contributed by atoms with Gasteiger partial charge in [0, 0.05) is 12.5 Å². The van der Waals surface area contributed by atoms with Gasteiger partial charge in [0.05, 0.1) is 0 Å². The van der Waals surface area contributed by atoms with Gasteiger partial charge in [0.2, 0.25) is 11.3 Å². The molecule has 0 spiro atoms. The number of hydrogen-bond acceptors (Lipinski definition) is 4. The Kier molecular flexibility index (Phi) is 5.69. The second-order valence-corrected chi connectivity index (χ2v) is 10.6. The third kappa shape index (κ3) is 4.15. The average molecular weight is 591 g/mol. The minimum atomic E-state index is -5.67. The molecule has 7 aromatic rings. The van der Waals surface area contributed by atoms with Crippen LogP contribution >= 0.6 is 0 Å². The van der Waals surface area contributed by atoms with Crippen molar-refractivity contribution in [2.45, 2.75) is 31.6 Å². The molecular weight excluding hydrogens is 570 g/mol. The summed E-state index contributed by atoms with van der Waals surface area (Å²) in [7, 11) is 0. The van der Waals surface area contributed by atoms with Crippen LogP contribution in [0.1, 0.15) is 22.6 Å². The summed E-state index contributed by atoms with van der Waals surface area (Å²) in [5, 5.41) is 3.59. The zero-order chi connectivity index (χ0) is 30.3. The summed E-state index contributed by atoms with van der Waals surface area (Å²) < 4.78 is 98.4. The number of aromatic nitrogens is 2. The molecule has 10 heteroatoms. The highest BCUT2D eigenvalue weighted by Gasteiger charge is 2.72. The van der Waals surface area contributed by atoms with Gasteiger partial charge in [0.15, 0.2) is 17.1 Å². The SMILES string of the molecule is Cc1ccc(C(c2ccc(-c3nc4cc5cc6cc7nc(C)oc7cc6cc5cc4o3)cc2)(C(F)(F)F)C(F)(F)F)cc1. The highest BCUT2D eigenvalue weighted by Crippen LogP contribution is 2.56. The number of fused-ring (bicyclic) bond motifs is 4. The van der Waals surface area contributed by atoms with Crippen molar-refractivity contribution in [3.8, 4) is 11.5 Å². The molecule has 7 rings (SSSR count). The summed E-state index contributed by atoms with van der Waals surface area (Å²) in [6.07, 6.45) is -11.3. The van der Waals surface area contributed by atoms with Gasteiger partial charge in [-0.3, -0.25) is 0 Å². The molecule has 0 radical (unpaired) electrons. The smallest absolute Gasteiger partial charge is 0.411 e. The molecule has 0 fully saturated rings. The van der Waals surface area contributed by atoms with E-state index in [1.54, 1.807) is 19.9 Å². The van der Waals surface area contributed by atoms with Gasteiger partial charge in [-0.1, -0.05) is 42.0 Å². The maximum absolute atomic E-state index is 14.5. The molecule has 0 aliphatic carbocycles. The molecular formula is C33H20F6N2O2. The first kappa shape index (κ1) is 27.0. The standard InChI is InChI=1S/C33H20F6N2O2/c1-17-3-7-24(8-4-17)31(32(34,35)36,33(37,38)39)25-9-5-19(6-10-25)30-41-27-14-21-11-20-13-26-28(42-18(2)40-26)15-22(20)12-23(21)16-29(27)43-30/h3-16H,1-2H3. The van der Waals surface area contributed by atoms with E-state index in [9.17, 15) is 26.3 Å². The first-order chi connectivity index (χ1) is 20.3. The molecule has 4 nitrogen and oxygen atoms in total. The predicted molar refractivity (Wildman–Crippen MR) is 151 cm³/mol. The fourth-order valence-electron chi connectivity index (χ4n) is 5.73. The largest absolute Gasteiger partial charge is 0.441 e. The first-order valence-corrected chi connectivity index (χ1v) is 13.2. The number of nitrogens with zero attached hydrogens (tertiary/aromatic N) is 2. The van der Waals surface area contributed by atoms with Crippen LogP contribution in [0, 0.1) is 13.8 Å². The van der Waals surface area contributed by atoms with Crippen molar-refractivity contribution in [2.75, 3.05) is 0 Å². The Morgan fingerprint density at radius 2 is 1.00 bits per heavy atom. The Balaban J connectivity index is 1.32. The van der Waals surface area contributed by atoms with E-state index in [0.29, 0.717) is 28.1 Å². The van der Waals surface area contributed by atoms with Gasteiger partial charge in [0.1, 0.15) is 11.0 Å². The Bertz CT molecular complexity index is 2070. The maximum Gasteiger partial charge on any atom is 0.411 e. The molecule has 5 aromatic carbocycles. The second-order valence-electron chi connectivity index (χ2n) is 10.6. The minimum absolute atomic E-state index is 0.0681. The highest BCUT2D eigenvalue weighted by atomic mass is 19.4. The molecule has 0 unspecified atom stereocenters. The van der Waals surface area contributed by atoms with Crippen molar-refractivity contribution in [3.63, 3.8) is 0 Å². The summed E-state index contributed by atoms with van der Waals surface area (Å²) >= 11 is 0. The fraction of sp³-hybridized carbons (Fsp3) is 0.152. The van der Waals surface area contributed by atoms with E-state index in [0.717, 1.165) is 51.3 Å². The van der Waals surface area contributed by atoms with E-state index in [4.69, 9.17) is 8.83 Å². The zero-order valence-electron chi connectivity index (χ0n) is 22.6. The van der Waals surface area contributed by atoms with Gasteiger partial charge in [-0.15, -0.1) is 0 Å². The Labute approximate surface area is 239 Å². The molecule has 0 aliphatic rings. The van der Waals surface area contributed by atoms with Crippen LogP contribution in [0.25, 0.3) is 55.2 Å². The molecule has 0 amide bonds. The molecule has 0 saturated carbocycles. The highest BCUT2D eigenvalue weighted by molar-refractivity contribution is 6.06. The molecule has 2 aromatic heterocycles. The van der Waals surface area contributed by atoms with Gasteiger partial charge < -0.3 is 8.83 Å². The number of oxazole rings is 2. The summed E-state index contributed by atoms with van der Waals surface area (Å²) in [5.74, 6) is 0.633. The summed E-state index contributed by atoms with van der Waals surface area (Å²) in [6, 6.07) is 19.6. The molecule has 0 N–H and O–H groups in total. The van der Waals surface area contributed by atoms with Crippen LogP contribution < -0.4 is 0 Å². The van der Waals surface area contributed by atoms with E-state index in [1.807, 2.05) is 30.3 Å². The van der Waals surface area contributed by atoms with Gasteiger partial charge >= 0.3 is 12.4 Å². The lowest BCUT2D eigenvalue weighted by Gasteiger charge is -2.38. The topological polar surface area (TPSA) is 52.1 Å². The third-order valence-electron chi connectivity index (χ3n) is 7.82. The average Bonchev–Trinajstić information content (AvgIpc) is 3.51. The van der Waals surface area contributed by atoms with E-state index in [-0.39, 0.29) is 11.5 Å². The van der Waals surface area contributed by atoms with E-state index >= 15 is 0 Å². The van der Waals surface area contributed by atoms with Crippen molar-refractivity contribution >= 4 is 43.7 Å². The molecule has 0 bridgehead atoms. The number of hydrogen-bond donors (Lipinski definition) is 0. The summed E-state index contributed by atoms with van der Waals surface area (Å²) in [4.78, 5) is 8.87. The fourth-order valence-corrected chi connectivity index (χ4v) is 5.73. The predicted octanol–water partition coefficient (Wildman–Crippen LogP) is 9.97. The van der Waals surface area contributed by atoms with E-state index in [1.165, 1.54) is 24.3 Å². The lowest BCUT2D eigenvalue weighted by Crippen LogP contribution is -2.54.